The van der Waals surface area contributed by atoms with Crippen LogP contribution in [0.2, 0.25) is 0 Å². The van der Waals surface area contributed by atoms with Gasteiger partial charge in [-0.3, -0.25) is 10.1 Å². The molecule has 0 atom stereocenters. The van der Waals surface area contributed by atoms with Gasteiger partial charge in [0, 0.05) is 6.54 Å². The van der Waals surface area contributed by atoms with E-state index in [9.17, 15) is 23.3 Å². The van der Waals surface area contributed by atoms with Crippen molar-refractivity contribution < 1.29 is 18.1 Å². The van der Waals surface area contributed by atoms with Gasteiger partial charge in [0.05, 0.1) is 11.3 Å². The first-order valence-electron chi connectivity index (χ1n) is 4.37. The molecule has 0 radical (unpaired) electrons. The maximum absolute atomic E-state index is 11.9. The van der Waals surface area contributed by atoms with E-state index >= 15 is 0 Å². The largest absolute Gasteiger partial charge is 0.390 e. The van der Waals surface area contributed by atoms with Crippen LogP contribution in [0.15, 0.2) is 6.20 Å². The van der Waals surface area contributed by atoms with Crippen molar-refractivity contribution >= 4 is 17.5 Å². The van der Waals surface area contributed by atoms with Crippen LogP contribution >= 0.6 is 0 Å². The lowest BCUT2D eigenvalue weighted by Gasteiger charge is -2.08. The summed E-state index contributed by atoms with van der Waals surface area (Å²) in [5.41, 5.74) is 4.65. The van der Waals surface area contributed by atoms with E-state index < -0.39 is 29.8 Å². The molecular formula is C7H8F3N5O2. The Hall–Kier alpha value is -2.13. The van der Waals surface area contributed by atoms with E-state index in [2.05, 4.69) is 15.3 Å². The Balaban J connectivity index is 2.75. The smallest absolute Gasteiger partial charge is 0.368 e. The summed E-state index contributed by atoms with van der Waals surface area (Å²) in [4.78, 5) is 16.5. The molecule has 0 saturated carbocycles. The van der Waals surface area contributed by atoms with Crippen LogP contribution in [0.3, 0.4) is 0 Å². The highest BCUT2D eigenvalue weighted by molar-refractivity contribution is 5.56. The molecule has 0 saturated heterocycles. The topological polar surface area (TPSA) is 107 Å². The third-order valence-corrected chi connectivity index (χ3v) is 1.69. The Morgan fingerprint density at radius 1 is 1.53 bits per heavy atom. The molecule has 0 aromatic carbocycles. The van der Waals surface area contributed by atoms with E-state index in [0.717, 1.165) is 6.20 Å². The molecule has 0 aliphatic rings. The number of hydrogen-bond acceptors (Lipinski definition) is 6. The van der Waals surface area contributed by atoms with Crippen molar-refractivity contribution in [3.05, 3.63) is 16.3 Å². The van der Waals surface area contributed by atoms with Gasteiger partial charge in [0.1, 0.15) is 6.20 Å². The monoisotopic (exact) mass is 251 g/mol. The van der Waals surface area contributed by atoms with Gasteiger partial charge in [0.15, 0.2) is 0 Å². The quantitative estimate of drug-likeness (QED) is 0.617. The van der Waals surface area contributed by atoms with Crippen LogP contribution in [0, 0.1) is 10.1 Å². The van der Waals surface area contributed by atoms with Gasteiger partial charge in [0.2, 0.25) is 11.8 Å². The zero-order valence-electron chi connectivity index (χ0n) is 8.36. The molecule has 7 nitrogen and oxygen atoms in total. The summed E-state index contributed by atoms with van der Waals surface area (Å²) in [7, 11) is 0. The number of rotatable bonds is 4. The second-order valence-electron chi connectivity index (χ2n) is 3.01. The molecule has 0 unspecified atom stereocenters. The molecule has 1 aromatic heterocycles. The third-order valence-electron chi connectivity index (χ3n) is 1.69. The highest BCUT2D eigenvalue weighted by atomic mass is 19.4. The van der Waals surface area contributed by atoms with E-state index in [-0.39, 0.29) is 11.8 Å². The lowest BCUT2D eigenvalue weighted by molar-refractivity contribution is -0.384. The zero-order valence-corrected chi connectivity index (χ0v) is 8.36. The van der Waals surface area contributed by atoms with E-state index in [4.69, 9.17) is 5.73 Å². The molecule has 0 aliphatic heterocycles. The van der Waals surface area contributed by atoms with E-state index in [1.807, 2.05) is 0 Å². The van der Waals surface area contributed by atoms with Crippen LogP contribution in [0.5, 0.6) is 0 Å². The van der Waals surface area contributed by atoms with Crippen LogP contribution in [-0.4, -0.2) is 27.6 Å². The Labute approximate surface area is 93.0 Å². The van der Waals surface area contributed by atoms with Gasteiger partial charge >= 0.3 is 11.9 Å². The molecule has 1 heterocycles. The number of nitro groups is 1. The SMILES string of the molecule is Nc1ncc([N+](=O)[O-])c(NCCC(F)(F)F)n1. The molecule has 0 spiro atoms. The van der Waals surface area contributed by atoms with Gasteiger partial charge < -0.3 is 11.1 Å². The van der Waals surface area contributed by atoms with Crippen molar-refractivity contribution in [1.29, 1.82) is 0 Å². The lowest BCUT2D eigenvalue weighted by atomic mass is 10.4. The predicted molar refractivity (Wildman–Crippen MR) is 52.3 cm³/mol. The second kappa shape index (κ2) is 4.80. The molecule has 3 N–H and O–H groups in total. The summed E-state index contributed by atoms with van der Waals surface area (Å²) in [6, 6.07) is 0. The molecule has 0 fully saturated rings. The minimum absolute atomic E-state index is 0.259. The fourth-order valence-corrected chi connectivity index (χ4v) is 0.975. The fourth-order valence-electron chi connectivity index (χ4n) is 0.975. The number of alkyl halides is 3. The van der Waals surface area contributed by atoms with Crippen molar-refractivity contribution in [3.63, 3.8) is 0 Å². The molecule has 0 amide bonds. The number of nitrogens with one attached hydrogen (secondary N) is 1. The molecule has 1 aromatic rings. The molecule has 0 bridgehead atoms. The Morgan fingerprint density at radius 2 is 2.18 bits per heavy atom. The number of hydrogen-bond donors (Lipinski definition) is 2. The summed E-state index contributed by atoms with van der Waals surface area (Å²) >= 11 is 0. The van der Waals surface area contributed by atoms with E-state index in [1.54, 1.807) is 0 Å². The van der Waals surface area contributed by atoms with Gasteiger partial charge in [-0.2, -0.15) is 18.2 Å². The van der Waals surface area contributed by atoms with Crippen molar-refractivity contribution in [2.24, 2.45) is 0 Å². The van der Waals surface area contributed by atoms with Crippen LogP contribution < -0.4 is 11.1 Å². The second-order valence-corrected chi connectivity index (χ2v) is 3.01. The first-order chi connectivity index (χ1) is 7.79. The van der Waals surface area contributed by atoms with E-state index in [0.29, 0.717) is 0 Å². The van der Waals surface area contributed by atoms with Gasteiger partial charge in [-0.25, -0.2) is 4.98 Å². The number of nitrogens with two attached hydrogens (primary N) is 1. The highest BCUT2D eigenvalue weighted by Gasteiger charge is 2.27. The van der Waals surface area contributed by atoms with Crippen LogP contribution in [0.25, 0.3) is 0 Å². The maximum Gasteiger partial charge on any atom is 0.390 e. The molecule has 1 rings (SSSR count). The molecule has 17 heavy (non-hydrogen) atoms. The third kappa shape index (κ3) is 4.09. The van der Waals surface area contributed by atoms with Gasteiger partial charge in [-0.05, 0) is 0 Å². The molecule has 0 aliphatic carbocycles. The summed E-state index contributed by atoms with van der Waals surface area (Å²) in [6.07, 6.45) is -4.65. The van der Waals surface area contributed by atoms with Crippen molar-refractivity contribution in [2.45, 2.75) is 12.6 Å². The predicted octanol–water partition coefficient (Wildman–Crippen LogP) is 1.33. The highest BCUT2D eigenvalue weighted by Crippen LogP contribution is 2.23. The number of aromatic nitrogens is 2. The van der Waals surface area contributed by atoms with Crippen LogP contribution in [0.4, 0.5) is 30.6 Å². The fraction of sp³-hybridized carbons (Fsp3) is 0.429. The molecule has 10 heteroatoms. The molecular weight excluding hydrogens is 243 g/mol. The Morgan fingerprint density at radius 3 is 2.71 bits per heavy atom. The van der Waals surface area contributed by atoms with Gasteiger partial charge in [-0.15, -0.1) is 0 Å². The average molecular weight is 251 g/mol. The summed E-state index contributed by atoms with van der Waals surface area (Å²) in [5, 5.41) is 12.7. The molecule has 94 valence electrons. The summed E-state index contributed by atoms with van der Waals surface area (Å²) in [5.74, 6) is -0.586. The normalized spacial score (nSPS) is 11.2. The Bertz CT molecular complexity index is 422. The number of halogens is 3. The van der Waals surface area contributed by atoms with Crippen LogP contribution in [-0.2, 0) is 0 Å². The summed E-state index contributed by atoms with van der Waals surface area (Å²) < 4.78 is 35.6. The minimum atomic E-state index is -4.35. The number of nitrogen functional groups attached to an aromatic ring is 1. The van der Waals surface area contributed by atoms with Crippen molar-refractivity contribution in [3.8, 4) is 0 Å². The standard InChI is InChI=1S/C7H8F3N5O2/c8-7(9,10)1-2-12-5-4(15(16)17)3-13-6(11)14-5/h3H,1-2H2,(H3,11,12,13,14). The minimum Gasteiger partial charge on any atom is -0.368 e. The Kier molecular flexibility index (Phi) is 3.66. The number of nitrogens with zero attached hydrogens (tertiary/aromatic N) is 3. The maximum atomic E-state index is 11.9. The van der Waals surface area contributed by atoms with Crippen molar-refractivity contribution in [2.75, 3.05) is 17.6 Å². The lowest BCUT2D eigenvalue weighted by Crippen LogP contribution is -2.16. The average Bonchev–Trinajstić information content (AvgIpc) is 2.15. The number of anilines is 2. The first-order valence-corrected chi connectivity index (χ1v) is 4.37. The van der Waals surface area contributed by atoms with Crippen LogP contribution in [0.1, 0.15) is 6.42 Å². The van der Waals surface area contributed by atoms with Crippen molar-refractivity contribution in [1.82, 2.24) is 9.97 Å². The summed E-state index contributed by atoms with van der Waals surface area (Å²) in [6.45, 7) is -0.527. The van der Waals surface area contributed by atoms with Gasteiger partial charge in [-0.1, -0.05) is 0 Å². The first kappa shape index (κ1) is 12.9. The van der Waals surface area contributed by atoms with Gasteiger partial charge in [0.25, 0.3) is 0 Å². The van der Waals surface area contributed by atoms with E-state index in [1.165, 1.54) is 0 Å². The zero-order chi connectivity index (χ0) is 13.1.